The summed E-state index contributed by atoms with van der Waals surface area (Å²) in [4.78, 5) is 23.7. The van der Waals surface area contributed by atoms with Gasteiger partial charge in [-0.25, -0.2) is 18.2 Å². The molecule has 2 aliphatic heterocycles. The monoisotopic (exact) mass is 313 g/mol. The van der Waals surface area contributed by atoms with Crippen molar-refractivity contribution in [3.63, 3.8) is 0 Å². The molecule has 8 nitrogen and oxygen atoms in total. The molecule has 0 aromatic rings. The third-order valence-electron chi connectivity index (χ3n) is 3.32. The van der Waals surface area contributed by atoms with Gasteiger partial charge in [0.25, 0.3) is 0 Å². The Kier molecular flexibility index (Phi) is 4.27. The van der Waals surface area contributed by atoms with Crippen LogP contribution in [-0.2, 0) is 24.2 Å². The van der Waals surface area contributed by atoms with Crippen LogP contribution in [0.2, 0.25) is 0 Å². The summed E-state index contributed by atoms with van der Waals surface area (Å²) in [6, 6.07) is 1.23. The van der Waals surface area contributed by atoms with E-state index in [0.717, 1.165) is 5.01 Å². The first kappa shape index (κ1) is 15.4. The average Bonchev–Trinajstić information content (AvgIpc) is 2.79. The van der Waals surface area contributed by atoms with Crippen molar-refractivity contribution in [2.24, 2.45) is 5.10 Å². The van der Waals surface area contributed by atoms with Gasteiger partial charge < -0.3 is 4.74 Å². The lowest BCUT2D eigenvalue weighted by Gasteiger charge is -2.27. The summed E-state index contributed by atoms with van der Waals surface area (Å²) in [6.07, 6.45) is -0.385. The lowest BCUT2D eigenvalue weighted by molar-refractivity contribution is -0.138. The largest absolute Gasteiger partial charge is 0.443 e. The molecule has 0 radical (unpaired) electrons. The summed E-state index contributed by atoms with van der Waals surface area (Å²) in [5.41, 5.74) is 0.0426. The minimum atomic E-state index is -3.15. The van der Waals surface area contributed by atoms with Crippen LogP contribution in [0.15, 0.2) is 5.10 Å². The maximum atomic E-state index is 11.9. The van der Waals surface area contributed by atoms with Crippen LogP contribution in [0.3, 0.4) is 0 Å². The van der Waals surface area contributed by atoms with E-state index in [1.54, 1.807) is 6.07 Å². The van der Waals surface area contributed by atoms with Gasteiger partial charge in [-0.2, -0.15) is 10.4 Å². The van der Waals surface area contributed by atoms with E-state index in [0.29, 0.717) is 6.42 Å². The third kappa shape index (κ3) is 3.58. The molecule has 1 fully saturated rings. The molecule has 2 aliphatic rings. The summed E-state index contributed by atoms with van der Waals surface area (Å²) in [5.74, 6) is -1.18. The minimum absolute atomic E-state index is 0.0161. The number of nitriles is 1. The minimum Gasteiger partial charge on any atom is -0.443 e. The van der Waals surface area contributed by atoms with Gasteiger partial charge >= 0.3 is 5.97 Å². The molecule has 0 aromatic carbocycles. The van der Waals surface area contributed by atoms with Crippen LogP contribution in [-0.4, -0.2) is 54.7 Å². The first-order valence-electron chi connectivity index (χ1n) is 6.53. The predicted molar refractivity (Wildman–Crippen MR) is 71.7 cm³/mol. The normalized spacial score (nSPS) is 25.9. The summed E-state index contributed by atoms with van der Waals surface area (Å²) in [7, 11) is -3.15. The highest BCUT2D eigenvalue weighted by atomic mass is 32.2. The number of amides is 1. The fourth-order valence-corrected chi connectivity index (χ4v) is 3.92. The molecular weight excluding hydrogens is 298 g/mol. The van der Waals surface area contributed by atoms with Crippen molar-refractivity contribution in [1.82, 2.24) is 5.01 Å². The molecule has 21 heavy (non-hydrogen) atoms. The van der Waals surface area contributed by atoms with E-state index in [2.05, 4.69) is 5.10 Å². The van der Waals surface area contributed by atoms with Crippen LogP contribution in [0.1, 0.15) is 26.2 Å². The molecule has 0 saturated carbocycles. The fourth-order valence-electron chi connectivity index (χ4n) is 2.23. The molecule has 0 spiro atoms. The van der Waals surface area contributed by atoms with Crippen LogP contribution in [0, 0.1) is 11.3 Å². The molecule has 114 valence electrons. The van der Waals surface area contributed by atoms with E-state index in [-0.39, 0.29) is 36.0 Å². The van der Waals surface area contributed by atoms with Crippen molar-refractivity contribution >= 4 is 27.4 Å². The first-order chi connectivity index (χ1) is 9.82. The van der Waals surface area contributed by atoms with E-state index >= 15 is 0 Å². The molecule has 0 N–H and O–H groups in total. The number of hydrazone groups is 1. The third-order valence-corrected chi connectivity index (χ3v) is 5.07. The van der Waals surface area contributed by atoms with E-state index in [1.165, 1.54) is 6.92 Å². The molecule has 0 bridgehead atoms. The van der Waals surface area contributed by atoms with Gasteiger partial charge in [0, 0.05) is 12.8 Å². The maximum absolute atomic E-state index is 11.9. The molecule has 2 rings (SSSR count). The van der Waals surface area contributed by atoms with Crippen molar-refractivity contribution < 1.29 is 22.7 Å². The number of nitrogens with zero attached hydrogens (tertiary/aromatic N) is 3. The van der Waals surface area contributed by atoms with Gasteiger partial charge in [0.05, 0.1) is 17.5 Å². The Hall–Kier alpha value is -1.95. The molecule has 0 aliphatic carbocycles. The molecule has 1 amide bonds. The number of rotatable bonds is 3. The van der Waals surface area contributed by atoms with Gasteiger partial charge in [-0.15, -0.1) is 0 Å². The SMILES string of the molecule is C[C@H](C#N)OC(=O)C1=NN([C@H]2CCS(=O)(=O)C2)C(=O)CC1. The zero-order chi connectivity index (χ0) is 15.6. The van der Waals surface area contributed by atoms with Crippen LogP contribution in [0.4, 0.5) is 0 Å². The topological polar surface area (TPSA) is 117 Å². The number of carbonyl (C=O) groups is 2. The number of sulfone groups is 1. The van der Waals surface area contributed by atoms with Crippen LogP contribution in [0.25, 0.3) is 0 Å². The summed E-state index contributed by atoms with van der Waals surface area (Å²) >= 11 is 0. The molecule has 9 heteroatoms. The van der Waals surface area contributed by atoms with Gasteiger partial charge in [0.1, 0.15) is 11.8 Å². The Balaban J connectivity index is 2.14. The van der Waals surface area contributed by atoms with Crippen molar-refractivity contribution in [2.45, 2.75) is 38.3 Å². The zero-order valence-electron chi connectivity index (χ0n) is 11.5. The van der Waals surface area contributed by atoms with E-state index < -0.39 is 28.0 Å². The molecule has 0 aromatic heterocycles. The first-order valence-corrected chi connectivity index (χ1v) is 8.35. The van der Waals surface area contributed by atoms with Gasteiger partial charge in [0.15, 0.2) is 15.9 Å². The predicted octanol–water partition coefficient (Wildman–Crippen LogP) is -0.393. The summed E-state index contributed by atoms with van der Waals surface area (Å²) in [5, 5.41) is 13.6. The number of carbonyl (C=O) groups excluding carboxylic acids is 2. The Bertz CT molecular complexity index is 634. The maximum Gasteiger partial charge on any atom is 0.355 e. The Morgan fingerprint density at radius 3 is 2.81 bits per heavy atom. The Labute approximate surface area is 122 Å². The summed E-state index contributed by atoms with van der Waals surface area (Å²) < 4.78 is 27.8. The zero-order valence-corrected chi connectivity index (χ0v) is 12.3. The van der Waals surface area contributed by atoms with Crippen LogP contribution >= 0.6 is 0 Å². The van der Waals surface area contributed by atoms with Gasteiger partial charge in [-0.1, -0.05) is 0 Å². The lowest BCUT2D eigenvalue weighted by Crippen LogP contribution is -2.42. The number of esters is 1. The highest BCUT2D eigenvalue weighted by molar-refractivity contribution is 7.91. The molecule has 2 heterocycles. The van der Waals surface area contributed by atoms with Crippen LogP contribution in [0.5, 0.6) is 0 Å². The van der Waals surface area contributed by atoms with Gasteiger partial charge in [-0.3, -0.25) is 4.79 Å². The Morgan fingerprint density at radius 1 is 1.52 bits per heavy atom. The standard InChI is InChI=1S/C12H15N3O5S/c1-8(6-13)20-12(17)10-2-3-11(16)15(14-10)9-4-5-21(18,19)7-9/h8-9H,2-5,7H2,1H3/t8-,9+/m1/s1. The highest BCUT2D eigenvalue weighted by Crippen LogP contribution is 2.22. The second kappa shape index (κ2) is 5.81. The summed E-state index contributed by atoms with van der Waals surface area (Å²) in [6.45, 7) is 1.42. The molecule has 0 unspecified atom stereocenters. The van der Waals surface area contributed by atoms with Crippen molar-refractivity contribution in [3.05, 3.63) is 0 Å². The lowest BCUT2D eigenvalue weighted by atomic mass is 10.1. The number of ether oxygens (including phenoxy) is 1. The average molecular weight is 313 g/mol. The second-order valence-corrected chi connectivity index (χ2v) is 7.25. The fraction of sp³-hybridized carbons (Fsp3) is 0.667. The molecule has 2 atom stereocenters. The molecule has 1 saturated heterocycles. The van der Waals surface area contributed by atoms with Crippen LogP contribution < -0.4 is 0 Å². The van der Waals surface area contributed by atoms with Gasteiger partial charge in [0.2, 0.25) is 5.91 Å². The van der Waals surface area contributed by atoms with Crippen molar-refractivity contribution in [3.8, 4) is 6.07 Å². The quantitative estimate of drug-likeness (QED) is 0.655. The highest BCUT2D eigenvalue weighted by Gasteiger charge is 2.37. The number of hydrogen-bond donors (Lipinski definition) is 0. The second-order valence-electron chi connectivity index (χ2n) is 5.02. The van der Waals surface area contributed by atoms with E-state index in [1.807, 2.05) is 0 Å². The van der Waals surface area contributed by atoms with Crippen molar-refractivity contribution in [2.75, 3.05) is 11.5 Å². The number of hydrogen-bond acceptors (Lipinski definition) is 7. The smallest absolute Gasteiger partial charge is 0.355 e. The van der Waals surface area contributed by atoms with Gasteiger partial charge in [-0.05, 0) is 13.3 Å². The van der Waals surface area contributed by atoms with E-state index in [4.69, 9.17) is 10.00 Å². The van der Waals surface area contributed by atoms with Crippen molar-refractivity contribution in [1.29, 1.82) is 5.26 Å². The Morgan fingerprint density at radius 2 is 2.24 bits per heavy atom. The molecular formula is C12H15N3O5S. The van der Waals surface area contributed by atoms with E-state index in [9.17, 15) is 18.0 Å².